The van der Waals surface area contributed by atoms with Crippen molar-refractivity contribution in [2.45, 2.75) is 6.92 Å². The van der Waals surface area contributed by atoms with Crippen LogP contribution in [0.25, 0.3) is 22.8 Å². The van der Waals surface area contributed by atoms with Gasteiger partial charge in [-0.3, -0.25) is 4.79 Å². The molecule has 1 fully saturated rings. The van der Waals surface area contributed by atoms with Crippen molar-refractivity contribution in [3.05, 3.63) is 78.4 Å². The fraction of sp³-hybridized carbons (Fsp3) is 0.250. The Morgan fingerprint density at radius 1 is 0.944 bits per heavy atom. The molecule has 1 amide bonds. The highest BCUT2D eigenvalue weighted by atomic mass is 16.5. The lowest BCUT2D eigenvalue weighted by molar-refractivity contribution is -0.133. The Kier molecular flexibility index (Phi) is 6.84. The van der Waals surface area contributed by atoms with Crippen LogP contribution >= 0.6 is 0 Å². The van der Waals surface area contributed by atoms with Crippen molar-refractivity contribution in [2.75, 3.05) is 44.8 Å². The van der Waals surface area contributed by atoms with Crippen LogP contribution in [0.5, 0.6) is 11.5 Å². The van der Waals surface area contributed by atoms with Crippen LogP contribution in [0.1, 0.15) is 5.56 Å². The maximum Gasteiger partial charge on any atom is 0.260 e. The van der Waals surface area contributed by atoms with Crippen molar-refractivity contribution in [2.24, 2.45) is 0 Å². The molecule has 0 unspecified atom stereocenters. The van der Waals surface area contributed by atoms with E-state index < -0.39 is 0 Å². The van der Waals surface area contributed by atoms with Crippen molar-refractivity contribution >= 4 is 11.6 Å². The van der Waals surface area contributed by atoms with Crippen LogP contribution < -0.4 is 14.4 Å². The number of aromatic nitrogens is 2. The molecule has 0 atom stereocenters. The van der Waals surface area contributed by atoms with Gasteiger partial charge in [0.1, 0.15) is 0 Å². The van der Waals surface area contributed by atoms with E-state index in [1.165, 1.54) is 5.69 Å². The summed E-state index contributed by atoms with van der Waals surface area (Å²) < 4.78 is 16.8. The second-order valence-electron chi connectivity index (χ2n) is 8.60. The van der Waals surface area contributed by atoms with Crippen LogP contribution in [-0.4, -0.2) is 60.8 Å². The van der Waals surface area contributed by atoms with Crippen LogP contribution in [0.15, 0.2) is 77.3 Å². The third kappa shape index (κ3) is 5.02. The molecule has 0 radical (unpaired) electrons. The average molecular weight is 485 g/mol. The number of methoxy groups -OCH3 is 1. The zero-order chi connectivity index (χ0) is 24.9. The maximum atomic E-state index is 12.8. The third-order valence-electron chi connectivity index (χ3n) is 6.33. The molecule has 3 aromatic carbocycles. The Balaban J connectivity index is 1.21. The van der Waals surface area contributed by atoms with E-state index in [2.05, 4.69) is 27.2 Å². The molecule has 36 heavy (non-hydrogen) atoms. The SMILES string of the molecule is COc1cc(-c2noc(-c3ccccc3C)n2)ccc1OCC(=O)N1CCN(c2ccccc2)CC1. The van der Waals surface area contributed by atoms with Gasteiger partial charge in [0, 0.05) is 43.0 Å². The van der Waals surface area contributed by atoms with Crippen molar-refractivity contribution < 1.29 is 18.8 Å². The molecule has 4 aromatic rings. The smallest absolute Gasteiger partial charge is 0.260 e. The third-order valence-corrected chi connectivity index (χ3v) is 6.33. The number of nitrogens with zero attached hydrogens (tertiary/aromatic N) is 4. The Bertz CT molecular complexity index is 1330. The van der Waals surface area contributed by atoms with Gasteiger partial charge in [0.25, 0.3) is 11.8 Å². The first-order chi connectivity index (χ1) is 17.6. The van der Waals surface area contributed by atoms with Crippen molar-refractivity contribution in [3.63, 3.8) is 0 Å². The number of ether oxygens (including phenoxy) is 2. The number of piperazine rings is 1. The molecule has 184 valence electrons. The van der Waals surface area contributed by atoms with Gasteiger partial charge in [-0.25, -0.2) is 0 Å². The zero-order valence-electron chi connectivity index (χ0n) is 20.4. The minimum atomic E-state index is -0.0549. The van der Waals surface area contributed by atoms with Crippen LogP contribution in [0.3, 0.4) is 0 Å². The number of rotatable bonds is 7. The molecule has 0 aliphatic carbocycles. The molecule has 1 aliphatic heterocycles. The summed E-state index contributed by atoms with van der Waals surface area (Å²) in [6, 6.07) is 23.5. The molecule has 0 saturated carbocycles. The monoisotopic (exact) mass is 484 g/mol. The number of para-hydroxylation sites is 1. The first kappa shape index (κ1) is 23.4. The molecule has 0 N–H and O–H groups in total. The first-order valence-electron chi connectivity index (χ1n) is 11.9. The van der Waals surface area contributed by atoms with E-state index in [0.29, 0.717) is 36.3 Å². The summed E-state index contributed by atoms with van der Waals surface area (Å²) in [4.78, 5) is 21.4. The molecule has 0 spiro atoms. The van der Waals surface area contributed by atoms with Gasteiger partial charge in [-0.05, 0) is 48.9 Å². The van der Waals surface area contributed by atoms with E-state index in [0.717, 1.165) is 29.8 Å². The second-order valence-corrected chi connectivity index (χ2v) is 8.60. The summed E-state index contributed by atoms with van der Waals surface area (Å²) in [7, 11) is 1.56. The number of amides is 1. The van der Waals surface area contributed by atoms with Crippen LogP contribution in [0.2, 0.25) is 0 Å². The summed E-state index contributed by atoms with van der Waals surface area (Å²) in [5, 5.41) is 4.13. The molecule has 5 rings (SSSR count). The van der Waals surface area contributed by atoms with Crippen molar-refractivity contribution in [1.29, 1.82) is 0 Å². The molecule has 1 aromatic heterocycles. The minimum Gasteiger partial charge on any atom is -0.493 e. The van der Waals surface area contributed by atoms with Gasteiger partial charge < -0.3 is 23.8 Å². The fourth-order valence-electron chi connectivity index (χ4n) is 4.27. The summed E-state index contributed by atoms with van der Waals surface area (Å²) >= 11 is 0. The number of hydrogen-bond donors (Lipinski definition) is 0. The molecule has 0 bridgehead atoms. The van der Waals surface area contributed by atoms with Crippen LogP contribution in [-0.2, 0) is 4.79 Å². The number of hydrogen-bond acceptors (Lipinski definition) is 7. The van der Waals surface area contributed by atoms with Gasteiger partial charge in [-0.15, -0.1) is 0 Å². The summed E-state index contributed by atoms with van der Waals surface area (Å²) in [5.41, 5.74) is 3.86. The van der Waals surface area contributed by atoms with Gasteiger partial charge >= 0.3 is 0 Å². The number of carbonyl (C=O) groups is 1. The van der Waals surface area contributed by atoms with Crippen molar-refractivity contribution in [3.8, 4) is 34.3 Å². The predicted octanol–water partition coefficient (Wildman–Crippen LogP) is 4.45. The van der Waals surface area contributed by atoms with E-state index >= 15 is 0 Å². The van der Waals surface area contributed by atoms with Crippen molar-refractivity contribution in [1.82, 2.24) is 15.0 Å². The molecular weight excluding hydrogens is 456 g/mol. The highest BCUT2D eigenvalue weighted by molar-refractivity contribution is 5.78. The van der Waals surface area contributed by atoms with E-state index in [-0.39, 0.29) is 12.5 Å². The largest absolute Gasteiger partial charge is 0.493 e. The topological polar surface area (TPSA) is 80.9 Å². The molecule has 1 saturated heterocycles. The van der Waals surface area contributed by atoms with Gasteiger partial charge in [0.15, 0.2) is 18.1 Å². The summed E-state index contributed by atoms with van der Waals surface area (Å²) in [5.74, 6) is 1.84. The standard InChI is InChI=1S/C28H28N4O4/c1-20-8-6-7-11-23(20)28-29-27(30-36-28)21-12-13-24(25(18-21)34-2)35-19-26(33)32-16-14-31(15-17-32)22-9-4-3-5-10-22/h3-13,18H,14-17,19H2,1-2H3. The summed E-state index contributed by atoms with van der Waals surface area (Å²) in [6.45, 7) is 4.86. The minimum absolute atomic E-state index is 0.0464. The Hall–Kier alpha value is -4.33. The van der Waals surface area contributed by atoms with E-state index in [9.17, 15) is 4.79 Å². The van der Waals surface area contributed by atoms with Gasteiger partial charge in [0.2, 0.25) is 5.82 Å². The normalized spacial score (nSPS) is 13.5. The van der Waals surface area contributed by atoms with Crippen LogP contribution in [0, 0.1) is 6.92 Å². The van der Waals surface area contributed by atoms with E-state index in [1.807, 2.05) is 60.4 Å². The van der Waals surface area contributed by atoms with Gasteiger partial charge in [-0.1, -0.05) is 41.6 Å². The first-order valence-corrected chi connectivity index (χ1v) is 11.9. The molecule has 8 nitrogen and oxygen atoms in total. The Morgan fingerprint density at radius 2 is 1.69 bits per heavy atom. The average Bonchev–Trinajstić information content (AvgIpc) is 3.42. The summed E-state index contributed by atoms with van der Waals surface area (Å²) in [6.07, 6.45) is 0. The molecule has 8 heteroatoms. The van der Waals surface area contributed by atoms with Crippen LogP contribution in [0.4, 0.5) is 5.69 Å². The molecular formula is C28H28N4O4. The van der Waals surface area contributed by atoms with Gasteiger partial charge in [-0.2, -0.15) is 4.98 Å². The Morgan fingerprint density at radius 3 is 2.44 bits per heavy atom. The van der Waals surface area contributed by atoms with E-state index in [4.69, 9.17) is 14.0 Å². The quantitative estimate of drug-likeness (QED) is 0.383. The molecule has 1 aliphatic rings. The number of carbonyl (C=O) groups excluding carboxylic acids is 1. The highest BCUT2D eigenvalue weighted by Gasteiger charge is 2.22. The number of benzene rings is 3. The molecule has 2 heterocycles. The zero-order valence-corrected chi connectivity index (χ0v) is 20.4. The number of anilines is 1. The lowest BCUT2D eigenvalue weighted by Crippen LogP contribution is -2.50. The highest BCUT2D eigenvalue weighted by Crippen LogP contribution is 2.33. The van der Waals surface area contributed by atoms with Gasteiger partial charge in [0.05, 0.1) is 7.11 Å². The number of aryl methyl sites for hydroxylation is 1. The fourth-order valence-corrected chi connectivity index (χ4v) is 4.27. The lowest BCUT2D eigenvalue weighted by atomic mass is 10.1. The predicted molar refractivity (Wildman–Crippen MR) is 137 cm³/mol. The maximum absolute atomic E-state index is 12.8. The lowest BCUT2D eigenvalue weighted by Gasteiger charge is -2.36. The van der Waals surface area contributed by atoms with E-state index in [1.54, 1.807) is 19.2 Å². The second kappa shape index (κ2) is 10.5. The Labute approximate surface area is 210 Å².